The zero-order valence-corrected chi connectivity index (χ0v) is 21.5. The second kappa shape index (κ2) is 16.0. The molecule has 0 saturated heterocycles. The summed E-state index contributed by atoms with van der Waals surface area (Å²) >= 11 is 0. The number of aliphatic imine (C=N–C) groups is 1. The van der Waals surface area contributed by atoms with Crippen molar-refractivity contribution < 1.29 is 42.9 Å². The van der Waals surface area contributed by atoms with Gasteiger partial charge >= 0.3 is 18.4 Å². The van der Waals surface area contributed by atoms with Gasteiger partial charge in [0.25, 0.3) is 0 Å². The van der Waals surface area contributed by atoms with Crippen molar-refractivity contribution in [2.45, 2.75) is 89.8 Å². The van der Waals surface area contributed by atoms with Crippen molar-refractivity contribution in [3.8, 4) is 0 Å². The fraction of sp³-hybridized carbons (Fsp3) is 0.833. The lowest BCUT2D eigenvalue weighted by molar-refractivity contribution is 0.0359. The quantitative estimate of drug-likeness (QED) is 0.220. The fourth-order valence-corrected chi connectivity index (χ4v) is 4.23. The van der Waals surface area contributed by atoms with Crippen LogP contribution in [0.15, 0.2) is 4.99 Å². The van der Waals surface area contributed by atoms with E-state index in [0.29, 0.717) is 11.8 Å². The Hall–Kier alpha value is -2.81. The number of ether oxygens (including phenoxy) is 5. The van der Waals surface area contributed by atoms with E-state index >= 15 is 0 Å². The third kappa shape index (κ3) is 13.0. The van der Waals surface area contributed by atoms with Gasteiger partial charge in [0.05, 0.1) is 26.3 Å². The molecule has 35 heavy (non-hydrogen) atoms. The molecular formula is C24H40N2O9. The molecule has 11 nitrogen and oxygen atoms in total. The Labute approximate surface area is 207 Å². The van der Waals surface area contributed by atoms with Crippen LogP contribution in [0.5, 0.6) is 0 Å². The first-order chi connectivity index (χ1) is 16.6. The van der Waals surface area contributed by atoms with E-state index in [4.69, 9.17) is 14.2 Å². The van der Waals surface area contributed by atoms with Crippen molar-refractivity contribution in [1.82, 2.24) is 5.32 Å². The number of methoxy groups -OCH3 is 2. The van der Waals surface area contributed by atoms with Crippen LogP contribution in [0.4, 0.5) is 14.4 Å². The monoisotopic (exact) mass is 500 g/mol. The number of hydrogen-bond donors (Lipinski definition) is 1. The van der Waals surface area contributed by atoms with E-state index in [1.807, 2.05) is 20.8 Å². The van der Waals surface area contributed by atoms with Gasteiger partial charge < -0.3 is 29.0 Å². The van der Waals surface area contributed by atoms with Gasteiger partial charge in [0.2, 0.25) is 6.08 Å². The molecule has 2 aliphatic carbocycles. The largest absolute Gasteiger partial charge is 0.508 e. The Bertz CT molecular complexity index is 704. The number of carbonyl (C=O) groups excluding carboxylic acids is 4. The van der Waals surface area contributed by atoms with Crippen LogP contribution in [0.25, 0.3) is 0 Å². The summed E-state index contributed by atoms with van der Waals surface area (Å²) in [4.78, 5) is 47.5. The van der Waals surface area contributed by atoms with Crippen molar-refractivity contribution in [2.75, 3.05) is 27.4 Å². The van der Waals surface area contributed by atoms with Gasteiger partial charge in [0.15, 0.2) is 0 Å². The number of hydrogen-bond acceptors (Lipinski definition) is 10. The van der Waals surface area contributed by atoms with Gasteiger partial charge in [-0.2, -0.15) is 4.99 Å². The molecule has 0 radical (unpaired) electrons. The summed E-state index contributed by atoms with van der Waals surface area (Å²) in [5.74, 6) is 0.642. The predicted molar refractivity (Wildman–Crippen MR) is 126 cm³/mol. The van der Waals surface area contributed by atoms with Gasteiger partial charge in [0, 0.05) is 0 Å². The van der Waals surface area contributed by atoms with Crippen molar-refractivity contribution in [3.63, 3.8) is 0 Å². The molecule has 0 aromatic rings. The lowest BCUT2D eigenvalue weighted by Crippen LogP contribution is -2.45. The third-order valence-corrected chi connectivity index (χ3v) is 5.92. The molecule has 0 unspecified atom stereocenters. The maximum atomic E-state index is 11.8. The highest BCUT2D eigenvalue weighted by atomic mass is 16.7. The van der Waals surface area contributed by atoms with E-state index in [1.54, 1.807) is 0 Å². The third-order valence-electron chi connectivity index (χ3n) is 5.92. The van der Waals surface area contributed by atoms with Crippen molar-refractivity contribution in [2.24, 2.45) is 16.8 Å². The Morgan fingerprint density at radius 2 is 1.37 bits per heavy atom. The number of nitrogens with zero attached hydrogens (tertiary/aromatic N) is 1. The lowest BCUT2D eigenvalue weighted by Gasteiger charge is -2.26. The molecule has 2 fully saturated rings. The Balaban J connectivity index is 0.000000365. The predicted octanol–water partition coefficient (Wildman–Crippen LogP) is 4.52. The normalized spacial score (nSPS) is 17.6. The SMILES string of the molecule is COC(=O)OC[C@@H](N=C=O)C1CCCC1.COC(=O)OC[C@@H](NC(=O)OC(C)(C)C)C1CCCC1. The second-order valence-electron chi connectivity index (χ2n) is 9.66. The fourth-order valence-electron chi connectivity index (χ4n) is 4.23. The maximum absolute atomic E-state index is 11.8. The van der Waals surface area contributed by atoms with E-state index in [2.05, 4.69) is 19.8 Å². The van der Waals surface area contributed by atoms with Gasteiger partial charge in [-0.3, -0.25) is 0 Å². The van der Waals surface area contributed by atoms with Crippen LogP contribution in [0.2, 0.25) is 0 Å². The van der Waals surface area contributed by atoms with Crippen LogP contribution in [-0.2, 0) is 28.5 Å². The van der Waals surface area contributed by atoms with E-state index in [-0.39, 0.29) is 25.3 Å². The summed E-state index contributed by atoms with van der Waals surface area (Å²) in [7, 11) is 2.50. The topological polar surface area (TPSA) is 139 Å². The number of alkyl carbamates (subject to hydrolysis) is 1. The van der Waals surface area contributed by atoms with Crippen LogP contribution >= 0.6 is 0 Å². The lowest BCUT2D eigenvalue weighted by atomic mass is 9.99. The highest BCUT2D eigenvalue weighted by Crippen LogP contribution is 2.29. The first-order valence-electron chi connectivity index (χ1n) is 12.1. The van der Waals surface area contributed by atoms with Crippen molar-refractivity contribution in [3.05, 3.63) is 0 Å². The van der Waals surface area contributed by atoms with Crippen LogP contribution in [0.1, 0.15) is 72.1 Å². The first kappa shape index (κ1) is 30.2. The minimum absolute atomic E-state index is 0.104. The zero-order chi connectivity index (χ0) is 26.3. The van der Waals surface area contributed by atoms with E-state index < -0.39 is 24.0 Å². The molecule has 0 aromatic carbocycles. The summed E-state index contributed by atoms with van der Waals surface area (Å²) in [6.07, 6.45) is 8.23. The molecule has 0 aromatic heterocycles. The standard InChI is InChI=1S/C14H25NO5.C10H15NO4/c1-14(2,3)20-12(16)15-11(9-19-13(17)18-4)10-7-5-6-8-10;1-14-10(13)15-6-9(11-7-12)8-4-2-3-5-8/h10-11H,5-9H2,1-4H3,(H,15,16);8-9H,2-6H2,1H3/t11-;9-/m11/s1. The van der Waals surface area contributed by atoms with Crippen LogP contribution in [0.3, 0.4) is 0 Å². The number of isocyanates is 1. The number of nitrogens with one attached hydrogen (secondary N) is 1. The molecule has 2 atom stereocenters. The molecule has 0 aliphatic heterocycles. The molecule has 0 heterocycles. The summed E-state index contributed by atoms with van der Waals surface area (Å²) in [5.41, 5.74) is -0.548. The first-order valence-corrected chi connectivity index (χ1v) is 12.1. The van der Waals surface area contributed by atoms with Gasteiger partial charge in [-0.15, -0.1) is 0 Å². The molecular weight excluding hydrogens is 460 g/mol. The number of carbonyl (C=O) groups is 3. The molecule has 1 amide bonds. The Kier molecular flexibility index (Phi) is 13.8. The number of amides is 1. The average Bonchev–Trinajstić information content (AvgIpc) is 3.52. The van der Waals surface area contributed by atoms with Crippen LogP contribution in [0, 0.1) is 11.8 Å². The Morgan fingerprint density at radius 1 is 0.886 bits per heavy atom. The Morgan fingerprint density at radius 3 is 1.83 bits per heavy atom. The van der Waals surface area contributed by atoms with Crippen molar-refractivity contribution in [1.29, 1.82) is 0 Å². The average molecular weight is 501 g/mol. The minimum Gasteiger partial charge on any atom is -0.444 e. The highest BCUT2D eigenvalue weighted by molar-refractivity contribution is 5.68. The van der Waals surface area contributed by atoms with Gasteiger partial charge in [0.1, 0.15) is 18.8 Å². The van der Waals surface area contributed by atoms with Crippen molar-refractivity contribution >= 4 is 24.5 Å². The molecule has 2 saturated carbocycles. The van der Waals surface area contributed by atoms with Gasteiger partial charge in [-0.05, 0) is 58.3 Å². The summed E-state index contributed by atoms with van der Waals surface area (Å²) < 4.78 is 23.8. The molecule has 0 bridgehead atoms. The molecule has 11 heteroatoms. The second-order valence-corrected chi connectivity index (χ2v) is 9.66. The summed E-state index contributed by atoms with van der Waals surface area (Å²) in [6, 6.07) is -0.490. The van der Waals surface area contributed by atoms with Gasteiger partial charge in [-0.1, -0.05) is 25.7 Å². The van der Waals surface area contributed by atoms with E-state index in [9.17, 15) is 19.2 Å². The highest BCUT2D eigenvalue weighted by Gasteiger charge is 2.29. The van der Waals surface area contributed by atoms with E-state index in [0.717, 1.165) is 51.4 Å². The molecule has 1 N–H and O–H groups in total. The summed E-state index contributed by atoms with van der Waals surface area (Å²) in [6.45, 7) is 5.63. The number of rotatable bonds is 8. The zero-order valence-electron chi connectivity index (χ0n) is 21.5. The maximum Gasteiger partial charge on any atom is 0.508 e. The molecule has 2 rings (SSSR count). The van der Waals surface area contributed by atoms with Crippen LogP contribution < -0.4 is 5.32 Å². The molecule has 2 aliphatic rings. The minimum atomic E-state index is -0.737. The smallest absolute Gasteiger partial charge is 0.444 e. The van der Waals surface area contributed by atoms with Crippen LogP contribution in [-0.4, -0.2) is 69.6 Å². The van der Waals surface area contributed by atoms with E-state index in [1.165, 1.54) is 20.3 Å². The molecule has 200 valence electrons. The molecule has 0 spiro atoms. The van der Waals surface area contributed by atoms with Gasteiger partial charge in [-0.25, -0.2) is 19.2 Å². The summed E-state index contributed by atoms with van der Waals surface area (Å²) in [5, 5.41) is 2.80.